The van der Waals surface area contributed by atoms with Crippen molar-refractivity contribution in [3.05, 3.63) is 89.4 Å². The van der Waals surface area contributed by atoms with Crippen LogP contribution in [0.25, 0.3) is 0 Å². The molecule has 0 aliphatic heterocycles. The summed E-state index contributed by atoms with van der Waals surface area (Å²) in [4.78, 5) is 11.7. The van der Waals surface area contributed by atoms with Crippen LogP contribution in [0, 0.1) is 11.6 Å². The Labute approximate surface area is 178 Å². The van der Waals surface area contributed by atoms with Crippen molar-refractivity contribution in [2.24, 2.45) is 0 Å². The van der Waals surface area contributed by atoms with Gasteiger partial charge in [-0.25, -0.2) is 17.2 Å². The summed E-state index contributed by atoms with van der Waals surface area (Å²) in [7, 11) is -4.24. The molecule has 0 bridgehead atoms. The third-order valence-electron chi connectivity index (χ3n) is 4.87. The Morgan fingerprint density at radius 2 is 1.71 bits per heavy atom. The van der Waals surface area contributed by atoms with E-state index in [-0.39, 0.29) is 25.0 Å². The molecule has 1 fully saturated rings. The van der Waals surface area contributed by atoms with E-state index in [1.165, 1.54) is 6.26 Å². The third kappa shape index (κ3) is 5.18. The lowest BCUT2D eigenvalue weighted by molar-refractivity contribution is 0.0951. The number of carbonyl (C=O) groups excluding carboxylic acids is 1. The van der Waals surface area contributed by atoms with Gasteiger partial charge in [0, 0.05) is 24.2 Å². The average molecular weight is 446 g/mol. The zero-order valence-electron chi connectivity index (χ0n) is 16.4. The number of nitrogens with one attached hydrogen (secondary N) is 1. The van der Waals surface area contributed by atoms with Crippen LogP contribution < -0.4 is 5.32 Å². The summed E-state index contributed by atoms with van der Waals surface area (Å²) in [5, 5.41) is 2.89. The molecule has 3 aromatic rings. The van der Waals surface area contributed by atoms with Crippen LogP contribution in [0.5, 0.6) is 0 Å². The molecule has 1 saturated carbocycles. The van der Waals surface area contributed by atoms with Crippen LogP contribution in [-0.2, 0) is 23.1 Å². The summed E-state index contributed by atoms with van der Waals surface area (Å²) in [6.07, 6.45) is 3.36. The fourth-order valence-corrected chi connectivity index (χ4v) is 4.53. The molecule has 0 radical (unpaired) electrons. The average Bonchev–Trinajstić information content (AvgIpc) is 3.38. The number of rotatable bonds is 8. The van der Waals surface area contributed by atoms with E-state index < -0.39 is 26.6 Å². The molecule has 0 saturated heterocycles. The van der Waals surface area contributed by atoms with Gasteiger partial charge in [0.15, 0.2) is 0 Å². The Bertz CT molecular complexity index is 1150. The van der Waals surface area contributed by atoms with Crippen LogP contribution in [0.1, 0.15) is 34.5 Å². The number of hydrogen-bond donors (Lipinski definition) is 1. The van der Waals surface area contributed by atoms with Gasteiger partial charge in [-0.2, -0.15) is 4.31 Å². The molecule has 162 valence electrons. The molecule has 1 N–H and O–H groups in total. The fourth-order valence-electron chi connectivity index (χ4n) is 3.09. The standard InChI is InChI=1S/C22H20F2N2O4S/c23-17-10-18(24)12-21(11-17)31(28,29)26(14-20-2-1-9-30-20)13-15-3-5-16(6-4-15)22(27)25-19-7-8-19/h1-6,9-12,19H,7-8,13-14H2,(H,25,27). The highest BCUT2D eigenvalue weighted by Gasteiger charge is 2.27. The predicted octanol–water partition coefficient (Wildman–Crippen LogP) is 3.84. The van der Waals surface area contributed by atoms with Crippen molar-refractivity contribution in [1.82, 2.24) is 9.62 Å². The minimum atomic E-state index is -4.24. The van der Waals surface area contributed by atoms with Gasteiger partial charge in [-0.05, 0) is 54.8 Å². The van der Waals surface area contributed by atoms with Gasteiger partial charge in [0.1, 0.15) is 17.4 Å². The van der Waals surface area contributed by atoms with Crippen molar-refractivity contribution in [1.29, 1.82) is 0 Å². The Hall–Kier alpha value is -3.04. The molecule has 1 aliphatic carbocycles. The second-order valence-electron chi connectivity index (χ2n) is 7.40. The first kappa shape index (κ1) is 21.2. The predicted molar refractivity (Wildman–Crippen MR) is 108 cm³/mol. The smallest absolute Gasteiger partial charge is 0.251 e. The zero-order valence-corrected chi connectivity index (χ0v) is 17.2. The molecular formula is C22H20F2N2O4S. The lowest BCUT2D eigenvalue weighted by Gasteiger charge is -2.21. The van der Waals surface area contributed by atoms with Crippen molar-refractivity contribution in [3.8, 4) is 0 Å². The number of hydrogen-bond acceptors (Lipinski definition) is 4. The van der Waals surface area contributed by atoms with Crippen LogP contribution in [0.2, 0.25) is 0 Å². The van der Waals surface area contributed by atoms with Gasteiger partial charge in [-0.15, -0.1) is 0 Å². The number of amides is 1. The Kier molecular flexibility index (Phi) is 5.88. The van der Waals surface area contributed by atoms with Crippen LogP contribution in [0.3, 0.4) is 0 Å². The van der Waals surface area contributed by atoms with Crippen molar-refractivity contribution >= 4 is 15.9 Å². The Morgan fingerprint density at radius 1 is 1.03 bits per heavy atom. The molecule has 9 heteroatoms. The molecule has 0 spiro atoms. The number of sulfonamides is 1. The lowest BCUT2D eigenvalue weighted by atomic mass is 10.1. The molecule has 6 nitrogen and oxygen atoms in total. The summed E-state index contributed by atoms with van der Waals surface area (Å²) in [5.41, 5.74) is 1.08. The molecule has 31 heavy (non-hydrogen) atoms. The molecule has 1 aliphatic rings. The molecule has 1 heterocycles. The second kappa shape index (κ2) is 8.60. The van der Waals surface area contributed by atoms with E-state index >= 15 is 0 Å². The molecule has 1 amide bonds. The maximum Gasteiger partial charge on any atom is 0.251 e. The first-order chi connectivity index (χ1) is 14.8. The molecule has 2 aromatic carbocycles. The van der Waals surface area contributed by atoms with Gasteiger partial charge in [-0.3, -0.25) is 4.79 Å². The Balaban J connectivity index is 1.59. The maximum atomic E-state index is 13.7. The topological polar surface area (TPSA) is 79.6 Å². The zero-order chi connectivity index (χ0) is 22.0. The van der Waals surface area contributed by atoms with Crippen LogP contribution >= 0.6 is 0 Å². The normalized spacial score (nSPS) is 14.0. The van der Waals surface area contributed by atoms with E-state index in [0.717, 1.165) is 29.3 Å². The lowest BCUT2D eigenvalue weighted by Crippen LogP contribution is -2.30. The van der Waals surface area contributed by atoms with E-state index in [1.807, 2.05) is 0 Å². The summed E-state index contributed by atoms with van der Waals surface area (Å²) in [6, 6.07) is 12.2. The fraction of sp³-hybridized carbons (Fsp3) is 0.227. The Morgan fingerprint density at radius 3 is 2.29 bits per heavy atom. The van der Waals surface area contributed by atoms with Crippen LogP contribution in [-0.4, -0.2) is 24.7 Å². The van der Waals surface area contributed by atoms with Gasteiger partial charge in [0.2, 0.25) is 10.0 Å². The number of benzene rings is 2. The molecular weight excluding hydrogens is 426 g/mol. The highest BCUT2D eigenvalue weighted by Crippen LogP contribution is 2.24. The van der Waals surface area contributed by atoms with E-state index in [0.29, 0.717) is 23.0 Å². The largest absolute Gasteiger partial charge is 0.468 e. The monoisotopic (exact) mass is 446 g/mol. The van der Waals surface area contributed by atoms with Gasteiger partial charge < -0.3 is 9.73 Å². The van der Waals surface area contributed by atoms with Gasteiger partial charge in [0.05, 0.1) is 17.7 Å². The van der Waals surface area contributed by atoms with E-state index in [2.05, 4.69) is 5.32 Å². The minimum Gasteiger partial charge on any atom is -0.468 e. The maximum absolute atomic E-state index is 13.7. The minimum absolute atomic E-state index is 0.0777. The summed E-state index contributed by atoms with van der Waals surface area (Å²) < 4.78 is 60.0. The van der Waals surface area contributed by atoms with E-state index in [1.54, 1.807) is 36.4 Å². The first-order valence-corrected chi connectivity index (χ1v) is 11.1. The summed E-state index contributed by atoms with van der Waals surface area (Å²) in [5.74, 6) is -1.77. The molecule has 0 unspecified atom stereocenters. The van der Waals surface area contributed by atoms with Crippen molar-refractivity contribution in [2.45, 2.75) is 36.9 Å². The number of carbonyl (C=O) groups is 1. The van der Waals surface area contributed by atoms with Crippen molar-refractivity contribution in [3.63, 3.8) is 0 Å². The SMILES string of the molecule is O=C(NC1CC1)c1ccc(CN(Cc2ccco2)S(=O)(=O)c2cc(F)cc(F)c2)cc1. The quantitative estimate of drug-likeness (QED) is 0.570. The number of halogens is 2. The van der Waals surface area contributed by atoms with Gasteiger partial charge in [0.25, 0.3) is 5.91 Å². The third-order valence-corrected chi connectivity index (χ3v) is 6.64. The summed E-state index contributed by atoms with van der Waals surface area (Å²) in [6.45, 7) is -0.205. The number of furan rings is 1. The van der Waals surface area contributed by atoms with Crippen LogP contribution in [0.4, 0.5) is 8.78 Å². The number of nitrogens with zero attached hydrogens (tertiary/aromatic N) is 1. The van der Waals surface area contributed by atoms with Gasteiger partial charge in [-0.1, -0.05) is 12.1 Å². The second-order valence-corrected chi connectivity index (χ2v) is 9.34. The first-order valence-electron chi connectivity index (χ1n) is 9.70. The van der Waals surface area contributed by atoms with E-state index in [9.17, 15) is 22.0 Å². The highest BCUT2D eigenvalue weighted by atomic mass is 32.2. The molecule has 4 rings (SSSR count). The van der Waals surface area contributed by atoms with Gasteiger partial charge >= 0.3 is 0 Å². The molecule has 0 atom stereocenters. The van der Waals surface area contributed by atoms with E-state index in [4.69, 9.17) is 4.42 Å². The highest BCUT2D eigenvalue weighted by molar-refractivity contribution is 7.89. The van der Waals surface area contributed by atoms with Crippen LogP contribution in [0.15, 0.2) is 70.2 Å². The van der Waals surface area contributed by atoms with Crippen molar-refractivity contribution in [2.75, 3.05) is 0 Å². The summed E-state index contributed by atoms with van der Waals surface area (Å²) >= 11 is 0. The van der Waals surface area contributed by atoms with Crippen molar-refractivity contribution < 1.29 is 26.4 Å². The molecule has 1 aromatic heterocycles.